The van der Waals surface area contributed by atoms with Gasteiger partial charge in [-0.1, -0.05) is 32.0 Å². The molecule has 2 heterocycles. The summed E-state index contributed by atoms with van der Waals surface area (Å²) in [6.45, 7) is 5.31. The van der Waals surface area contributed by atoms with Gasteiger partial charge in [-0.25, -0.2) is 0 Å². The van der Waals surface area contributed by atoms with E-state index in [1.807, 2.05) is 18.7 Å². The fourth-order valence-corrected chi connectivity index (χ4v) is 3.53. The number of nitrogens with one attached hydrogen (secondary N) is 1. The molecule has 1 aromatic heterocycles. The molecule has 0 saturated carbocycles. The van der Waals surface area contributed by atoms with Crippen LogP contribution in [0.1, 0.15) is 25.0 Å². The van der Waals surface area contributed by atoms with Gasteiger partial charge in [0.05, 0.1) is 17.4 Å². The minimum Gasteiger partial charge on any atom is -0.355 e. The third-order valence-electron chi connectivity index (χ3n) is 5.39. The molecule has 1 fully saturated rings. The van der Waals surface area contributed by atoms with Crippen LogP contribution < -0.4 is 10.2 Å². The Labute approximate surface area is 179 Å². The summed E-state index contributed by atoms with van der Waals surface area (Å²) in [5.74, 6) is 0.471. The molecule has 0 spiro atoms. The highest BCUT2D eigenvalue weighted by molar-refractivity contribution is 5.98. The Kier molecular flexibility index (Phi) is 6.28. The van der Waals surface area contributed by atoms with Gasteiger partial charge in [-0.3, -0.25) is 14.5 Å². The SMILES string of the molecule is CN=C(NCC(C)(C)c1cccc(C(F)(F)F)c1)N1CCN(c2cnn(C)c2)C(=O)C1. The van der Waals surface area contributed by atoms with Crippen LogP contribution in [0.3, 0.4) is 0 Å². The first-order chi connectivity index (χ1) is 14.5. The summed E-state index contributed by atoms with van der Waals surface area (Å²) in [4.78, 5) is 20.4. The Hall–Kier alpha value is -3.04. The molecule has 7 nitrogen and oxygen atoms in total. The maximum atomic E-state index is 13.1. The van der Waals surface area contributed by atoms with Gasteiger partial charge >= 0.3 is 6.18 Å². The Morgan fingerprint density at radius 2 is 1.94 bits per heavy atom. The van der Waals surface area contributed by atoms with Crippen LogP contribution in [-0.2, 0) is 23.4 Å². The van der Waals surface area contributed by atoms with E-state index in [0.29, 0.717) is 31.2 Å². The lowest BCUT2D eigenvalue weighted by molar-refractivity contribution is -0.137. The molecule has 1 aromatic carbocycles. The lowest BCUT2D eigenvalue weighted by Gasteiger charge is -2.36. The second kappa shape index (κ2) is 8.60. The second-order valence-corrected chi connectivity index (χ2v) is 8.20. The van der Waals surface area contributed by atoms with Gasteiger partial charge in [-0.15, -0.1) is 0 Å². The zero-order valence-corrected chi connectivity index (χ0v) is 18.1. The van der Waals surface area contributed by atoms with Crippen molar-refractivity contribution >= 4 is 17.6 Å². The van der Waals surface area contributed by atoms with E-state index < -0.39 is 17.2 Å². The molecule has 1 aliphatic rings. The number of hydrogen-bond donors (Lipinski definition) is 1. The minimum atomic E-state index is -4.39. The van der Waals surface area contributed by atoms with Crippen LogP contribution >= 0.6 is 0 Å². The number of halogens is 3. The van der Waals surface area contributed by atoms with Gasteiger partial charge in [0, 0.05) is 45.3 Å². The first-order valence-corrected chi connectivity index (χ1v) is 9.93. The fraction of sp³-hybridized carbons (Fsp3) is 0.476. The van der Waals surface area contributed by atoms with Crippen molar-refractivity contribution in [3.63, 3.8) is 0 Å². The summed E-state index contributed by atoms with van der Waals surface area (Å²) >= 11 is 0. The molecule has 1 amide bonds. The van der Waals surface area contributed by atoms with Crippen LogP contribution in [0.5, 0.6) is 0 Å². The van der Waals surface area contributed by atoms with E-state index in [-0.39, 0.29) is 12.5 Å². The number of rotatable bonds is 4. The lowest BCUT2D eigenvalue weighted by atomic mass is 9.84. The number of amides is 1. The number of piperazine rings is 1. The molecule has 2 aromatic rings. The topological polar surface area (TPSA) is 65.8 Å². The highest BCUT2D eigenvalue weighted by Gasteiger charge is 2.33. The van der Waals surface area contributed by atoms with Gasteiger partial charge in [0.2, 0.25) is 5.91 Å². The molecular weight excluding hydrogens is 409 g/mol. The minimum absolute atomic E-state index is 0.0701. The third kappa shape index (κ3) is 5.18. The highest BCUT2D eigenvalue weighted by atomic mass is 19.4. The number of aromatic nitrogens is 2. The van der Waals surface area contributed by atoms with Crippen molar-refractivity contribution in [2.45, 2.75) is 25.4 Å². The molecule has 0 bridgehead atoms. The molecule has 168 valence electrons. The normalized spacial score (nSPS) is 16.1. The molecule has 0 radical (unpaired) electrons. The van der Waals surface area contributed by atoms with E-state index in [9.17, 15) is 18.0 Å². The average Bonchev–Trinajstić information content (AvgIpc) is 3.14. The smallest absolute Gasteiger partial charge is 0.355 e. The van der Waals surface area contributed by atoms with Crippen molar-refractivity contribution in [1.82, 2.24) is 20.0 Å². The molecule has 1 saturated heterocycles. The van der Waals surface area contributed by atoms with E-state index in [4.69, 9.17) is 0 Å². The van der Waals surface area contributed by atoms with Crippen molar-refractivity contribution in [2.75, 3.05) is 38.1 Å². The van der Waals surface area contributed by atoms with Gasteiger partial charge in [-0.05, 0) is 11.6 Å². The number of guanidine groups is 1. The summed E-state index contributed by atoms with van der Waals surface area (Å²) in [5.41, 5.74) is 0.0711. The molecule has 0 unspecified atom stereocenters. The number of nitrogens with zero attached hydrogens (tertiary/aromatic N) is 5. The number of alkyl halides is 3. The summed E-state index contributed by atoms with van der Waals surface area (Å²) in [7, 11) is 3.42. The molecule has 0 aliphatic carbocycles. The summed E-state index contributed by atoms with van der Waals surface area (Å²) < 4.78 is 40.9. The van der Waals surface area contributed by atoms with Gasteiger partial charge in [0.15, 0.2) is 5.96 Å². The van der Waals surface area contributed by atoms with Crippen LogP contribution in [-0.4, -0.2) is 59.8 Å². The van der Waals surface area contributed by atoms with Crippen LogP contribution in [0.2, 0.25) is 0 Å². The number of carbonyl (C=O) groups is 1. The Balaban J connectivity index is 1.65. The number of anilines is 1. The zero-order chi connectivity index (χ0) is 22.8. The average molecular weight is 436 g/mol. The van der Waals surface area contributed by atoms with Crippen molar-refractivity contribution in [3.8, 4) is 0 Å². The zero-order valence-electron chi connectivity index (χ0n) is 18.1. The number of aryl methyl sites for hydroxylation is 1. The Morgan fingerprint density at radius 3 is 2.52 bits per heavy atom. The van der Waals surface area contributed by atoms with E-state index >= 15 is 0 Å². The summed E-state index contributed by atoms with van der Waals surface area (Å²) in [5, 5.41) is 7.33. The lowest BCUT2D eigenvalue weighted by Crippen LogP contribution is -2.56. The molecule has 1 aliphatic heterocycles. The maximum Gasteiger partial charge on any atom is 0.416 e. The molecule has 10 heteroatoms. The van der Waals surface area contributed by atoms with Gasteiger partial charge < -0.3 is 15.1 Å². The number of benzene rings is 1. The molecule has 3 rings (SSSR count). The fourth-order valence-electron chi connectivity index (χ4n) is 3.53. The second-order valence-electron chi connectivity index (χ2n) is 8.20. The first-order valence-electron chi connectivity index (χ1n) is 9.93. The summed E-state index contributed by atoms with van der Waals surface area (Å²) in [6.07, 6.45) is -0.944. The van der Waals surface area contributed by atoms with Gasteiger partial charge in [-0.2, -0.15) is 18.3 Å². The maximum absolute atomic E-state index is 13.1. The van der Waals surface area contributed by atoms with E-state index in [0.717, 1.165) is 11.8 Å². The standard InChI is InChI=1S/C21H27F3N6O/c1-20(2,15-6-5-7-16(10-15)21(22,23)24)14-26-19(25-3)29-8-9-30(18(31)13-29)17-11-27-28(4)12-17/h5-7,10-12H,8-9,13-14H2,1-4H3,(H,25,26). The molecule has 0 atom stereocenters. The molecular formula is C21H27F3N6O. The summed E-state index contributed by atoms with van der Waals surface area (Å²) in [6, 6.07) is 5.36. The largest absolute Gasteiger partial charge is 0.416 e. The number of aliphatic imine (C=N–C) groups is 1. The van der Waals surface area contributed by atoms with Crippen molar-refractivity contribution < 1.29 is 18.0 Å². The van der Waals surface area contributed by atoms with Crippen LogP contribution in [0.15, 0.2) is 41.7 Å². The Morgan fingerprint density at radius 1 is 1.23 bits per heavy atom. The number of carbonyl (C=O) groups excluding carboxylic acids is 1. The first kappa shape index (κ1) is 22.6. The third-order valence-corrected chi connectivity index (χ3v) is 5.39. The monoisotopic (exact) mass is 436 g/mol. The van der Waals surface area contributed by atoms with Crippen LogP contribution in [0.4, 0.5) is 18.9 Å². The van der Waals surface area contributed by atoms with Crippen LogP contribution in [0, 0.1) is 0 Å². The quantitative estimate of drug-likeness (QED) is 0.591. The van der Waals surface area contributed by atoms with Crippen molar-refractivity contribution in [2.24, 2.45) is 12.0 Å². The van der Waals surface area contributed by atoms with E-state index in [1.165, 1.54) is 12.1 Å². The van der Waals surface area contributed by atoms with Crippen molar-refractivity contribution in [3.05, 3.63) is 47.8 Å². The van der Waals surface area contributed by atoms with E-state index in [1.54, 1.807) is 42.1 Å². The molecule has 1 N–H and O–H groups in total. The predicted molar refractivity (Wildman–Crippen MR) is 113 cm³/mol. The predicted octanol–water partition coefficient (Wildman–Crippen LogP) is 2.64. The Bertz CT molecular complexity index is 966. The number of hydrogen-bond acceptors (Lipinski definition) is 3. The van der Waals surface area contributed by atoms with Crippen LogP contribution in [0.25, 0.3) is 0 Å². The van der Waals surface area contributed by atoms with E-state index in [2.05, 4.69) is 15.4 Å². The molecule has 31 heavy (non-hydrogen) atoms. The van der Waals surface area contributed by atoms with Gasteiger partial charge in [0.1, 0.15) is 6.54 Å². The highest BCUT2D eigenvalue weighted by Crippen LogP contribution is 2.32. The van der Waals surface area contributed by atoms with Crippen molar-refractivity contribution in [1.29, 1.82) is 0 Å². The van der Waals surface area contributed by atoms with Gasteiger partial charge in [0.25, 0.3) is 0 Å².